The molecule has 4 nitrogen and oxygen atoms in total. The van der Waals surface area contributed by atoms with Crippen molar-refractivity contribution in [2.45, 2.75) is 13.0 Å². The van der Waals surface area contributed by atoms with Crippen LogP contribution in [-0.2, 0) is 9.59 Å². The summed E-state index contributed by atoms with van der Waals surface area (Å²) < 4.78 is 0. The molecule has 1 N–H and O–H groups in total. The minimum absolute atomic E-state index is 0.128. The van der Waals surface area contributed by atoms with Crippen molar-refractivity contribution in [1.29, 1.82) is 0 Å². The summed E-state index contributed by atoms with van der Waals surface area (Å²) in [6, 6.07) is 8.99. The molecular formula is C14H18N2O2. The first-order valence-corrected chi connectivity index (χ1v) is 5.75. The number of carbonyl (C=O) groups is 2. The Morgan fingerprint density at radius 2 is 1.83 bits per heavy atom. The number of amides is 2. The molecule has 0 fully saturated rings. The Labute approximate surface area is 107 Å². The van der Waals surface area contributed by atoms with Gasteiger partial charge in [0.2, 0.25) is 11.8 Å². The van der Waals surface area contributed by atoms with Crippen molar-refractivity contribution < 1.29 is 9.59 Å². The SMILES string of the molecule is CC(NC(=O)/C=C/c1ccccc1)C(=O)N(C)C. The second-order valence-electron chi connectivity index (χ2n) is 4.21. The molecule has 1 atom stereocenters. The molecule has 4 heteroatoms. The van der Waals surface area contributed by atoms with Crippen LogP contribution in [0.2, 0.25) is 0 Å². The fourth-order valence-electron chi connectivity index (χ4n) is 1.45. The summed E-state index contributed by atoms with van der Waals surface area (Å²) in [7, 11) is 3.32. The first-order chi connectivity index (χ1) is 8.50. The quantitative estimate of drug-likeness (QED) is 0.814. The minimum atomic E-state index is -0.520. The first kappa shape index (κ1) is 14.0. The Hall–Kier alpha value is -2.10. The summed E-state index contributed by atoms with van der Waals surface area (Å²) in [6.45, 7) is 1.66. The second kappa shape index (κ2) is 6.59. The van der Waals surface area contributed by atoms with Gasteiger partial charge in [-0.25, -0.2) is 0 Å². The molecule has 0 aliphatic carbocycles. The summed E-state index contributed by atoms with van der Waals surface area (Å²) >= 11 is 0. The zero-order chi connectivity index (χ0) is 13.5. The normalized spacial score (nSPS) is 12.2. The molecule has 0 aromatic heterocycles. The zero-order valence-electron chi connectivity index (χ0n) is 10.9. The number of hydrogen-bond acceptors (Lipinski definition) is 2. The molecule has 0 saturated carbocycles. The van der Waals surface area contributed by atoms with E-state index in [-0.39, 0.29) is 11.8 Å². The van der Waals surface area contributed by atoms with Crippen LogP contribution in [-0.4, -0.2) is 36.9 Å². The number of likely N-dealkylation sites (N-methyl/N-ethyl adjacent to an activating group) is 1. The summed E-state index contributed by atoms with van der Waals surface area (Å²) in [4.78, 5) is 24.6. The Balaban J connectivity index is 2.52. The summed E-state index contributed by atoms with van der Waals surface area (Å²) in [5.41, 5.74) is 0.944. The van der Waals surface area contributed by atoms with Gasteiger partial charge in [-0.2, -0.15) is 0 Å². The van der Waals surface area contributed by atoms with Crippen LogP contribution >= 0.6 is 0 Å². The van der Waals surface area contributed by atoms with Crippen LogP contribution in [0.25, 0.3) is 6.08 Å². The van der Waals surface area contributed by atoms with E-state index in [4.69, 9.17) is 0 Å². The smallest absolute Gasteiger partial charge is 0.244 e. The second-order valence-corrected chi connectivity index (χ2v) is 4.21. The maximum Gasteiger partial charge on any atom is 0.244 e. The Kier molecular flexibility index (Phi) is 5.11. The lowest BCUT2D eigenvalue weighted by atomic mass is 10.2. The standard InChI is InChI=1S/C14H18N2O2/c1-11(14(18)16(2)3)15-13(17)10-9-12-7-5-4-6-8-12/h4-11H,1-3H3,(H,15,17)/b10-9+. The van der Waals surface area contributed by atoms with Crippen molar-refractivity contribution in [2.24, 2.45) is 0 Å². The number of benzene rings is 1. The van der Waals surface area contributed by atoms with Gasteiger partial charge < -0.3 is 10.2 Å². The van der Waals surface area contributed by atoms with Crippen molar-refractivity contribution in [3.8, 4) is 0 Å². The largest absolute Gasteiger partial charge is 0.347 e. The van der Waals surface area contributed by atoms with Crippen molar-refractivity contribution in [3.63, 3.8) is 0 Å². The summed E-state index contributed by atoms with van der Waals surface area (Å²) in [5.74, 6) is -0.405. The summed E-state index contributed by atoms with van der Waals surface area (Å²) in [5, 5.41) is 2.61. The Morgan fingerprint density at radius 3 is 2.39 bits per heavy atom. The highest BCUT2D eigenvalue weighted by molar-refractivity contribution is 5.95. The first-order valence-electron chi connectivity index (χ1n) is 5.75. The molecule has 0 aliphatic heterocycles. The van der Waals surface area contributed by atoms with Gasteiger partial charge in [0.15, 0.2) is 0 Å². The van der Waals surface area contributed by atoms with Gasteiger partial charge >= 0.3 is 0 Å². The van der Waals surface area contributed by atoms with Gasteiger partial charge in [-0.15, -0.1) is 0 Å². The van der Waals surface area contributed by atoms with Crippen molar-refractivity contribution in [2.75, 3.05) is 14.1 Å². The van der Waals surface area contributed by atoms with Gasteiger partial charge in [0.1, 0.15) is 6.04 Å². The monoisotopic (exact) mass is 246 g/mol. The molecule has 1 unspecified atom stereocenters. The third-order valence-electron chi connectivity index (χ3n) is 2.40. The van der Waals surface area contributed by atoms with E-state index in [0.717, 1.165) is 5.56 Å². The summed E-state index contributed by atoms with van der Waals surface area (Å²) in [6.07, 6.45) is 3.14. The van der Waals surface area contributed by atoms with E-state index in [1.165, 1.54) is 11.0 Å². The fraction of sp³-hybridized carbons (Fsp3) is 0.286. The highest BCUT2D eigenvalue weighted by atomic mass is 16.2. The maximum atomic E-state index is 11.6. The van der Waals surface area contributed by atoms with Crippen LogP contribution in [0, 0.1) is 0 Å². The molecule has 0 heterocycles. The van der Waals surface area contributed by atoms with Crippen molar-refractivity contribution in [3.05, 3.63) is 42.0 Å². The molecule has 0 spiro atoms. The molecule has 1 rings (SSSR count). The molecular weight excluding hydrogens is 228 g/mol. The van der Waals surface area contributed by atoms with Crippen molar-refractivity contribution >= 4 is 17.9 Å². The van der Waals surface area contributed by atoms with Gasteiger partial charge in [-0.3, -0.25) is 9.59 Å². The van der Waals surface area contributed by atoms with Crippen LogP contribution in [0.5, 0.6) is 0 Å². The molecule has 0 bridgehead atoms. The van der Waals surface area contributed by atoms with E-state index in [9.17, 15) is 9.59 Å². The third kappa shape index (κ3) is 4.41. The van der Waals surface area contributed by atoms with Gasteiger partial charge in [0.25, 0.3) is 0 Å². The van der Waals surface area contributed by atoms with Crippen LogP contribution in [0.1, 0.15) is 12.5 Å². The molecule has 2 amide bonds. The van der Waals surface area contributed by atoms with Gasteiger partial charge in [0.05, 0.1) is 0 Å². The average molecular weight is 246 g/mol. The minimum Gasteiger partial charge on any atom is -0.347 e. The number of nitrogens with zero attached hydrogens (tertiary/aromatic N) is 1. The van der Waals surface area contributed by atoms with Crippen LogP contribution in [0.4, 0.5) is 0 Å². The van der Waals surface area contributed by atoms with Gasteiger partial charge in [-0.05, 0) is 18.6 Å². The number of hydrogen-bond donors (Lipinski definition) is 1. The molecule has 1 aromatic rings. The zero-order valence-corrected chi connectivity index (χ0v) is 10.9. The molecule has 0 radical (unpaired) electrons. The maximum absolute atomic E-state index is 11.6. The van der Waals surface area contributed by atoms with E-state index in [1.807, 2.05) is 30.3 Å². The van der Waals surface area contributed by atoms with Gasteiger partial charge in [-0.1, -0.05) is 30.3 Å². The third-order valence-corrected chi connectivity index (χ3v) is 2.40. The van der Waals surface area contributed by atoms with Crippen molar-refractivity contribution in [1.82, 2.24) is 10.2 Å². The van der Waals surface area contributed by atoms with Crippen LogP contribution < -0.4 is 5.32 Å². The Bertz CT molecular complexity index is 438. The molecule has 18 heavy (non-hydrogen) atoms. The number of rotatable bonds is 4. The lowest BCUT2D eigenvalue weighted by Crippen LogP contribution is -2.43. The highest BCUT2D eigenvalue weighted by Crippen LogP contribution is 2.00. The van der Waals surface area contributed by atoms with E-state index in [2.05, 4.69) is 5.32 Å². The fourth-order valence-corrected chi connectivity index (χ4v) is 1.45. The molecule has 0 aliphatic rings. The number of carbonyl (C=O) groups excluding carboxylic acids is 2. The lowest BCUT2D eigenvalue weighted by molar-refractivity contribution is -0.132. The van der Waals surface area contributed by atoms with E-state index >= 15 is 0 Å². The molecule has 1 aromatic carbocycles. The van der Waals surface area contributed by atoms with Crippen LogP contribution in [0.3, 0.4) is 0 Å². The highest BCUT2D eigenvalue weighted by Gasteiger charge is 2.15. The average Bonchev–Trinajstić information content (AvgIpc) is 2.36. The van der Waals surface area contributed by atoms with E-state index in [1.54, 1.807) is 27.1 Å². The predicted octanol–water partition coefficient (Wildman–Crippen LogP) is 1.29. The van der Waals surface area contributed by atoms with Crippen LogP contribution in [0.15, 0.2) is 36.4 Å². The van der Waals surface area contributed by atoms with Gasteiger partial charge in [0, 0.05) is 20.2 Å². The number of nitrogens with one attached hydrogen (secondary N) is 1. The predicted molar refractivity (Wildman–Crippen MR) is 71.8 cm³/mol. The van der Waals surface area contributed by atoms with E-state index < -0.39 is 6.04 Å². The lowest BCUT2D eigenvalue weighted by Gasteiger charge is -2.16. The molecule has 0 saturated heterocycles. The van der Waals surface area contributed by atoms with E-state index in [0.29, 0.717) is 0 Å². The topological polar surface area (TPSA) is 49.4 Å². The Morgan fingerprint density at radius 1 is 1.22 bits per heavy atom. The molecule has 96 valence electrons.